The highest BCUT2D eigenvalue weighted by atomic mass is 32.2. The van der Waals surface area contributed by atoms with Crippen molar-refractivity contribution in [3.05, 3.63) is 59.9 Å². The van der Waals surface area contributed by atoms with Crippen molar-refractivity contribution < 1.29 is 21.2 Å². The second-order valence-corrected chi connectivity index (χ2v) is 10.6. The molecule has 0 spiro atoms. The second kappa shape index (κ2) is 7.09. The molecule has 26 heavy (non-hydrogen) atoms. The summed E-state index contributed by atoms with van der Waals surface area (Å²) >= 11 is 0. The number of hydrogen-bond acceptors (Lipinski definition) is 4. The molecule has 0 aromatic heterocycles. The molecule has 3 rings (SSSR count). The highest BCUT2D eigenvalue weighted by molar-refractivity contribution is 7.92. The van der Waals surface area contributed by atoms with Crippen LogP contribution in [0.5, 0.6) is 0 Å². The fraction of sp³-hybridized carbons (Fsp3) is 0.333. The largest absolute Gasteiger partial charge is 0.243 e. The van der Waals surface area contributed by atoms with Gasteiger partial charge in [-0.1, -0.05) is 12.1 Å². The smallest absolute Gasteiger partial charge is 0.223 e. The molecule has 0 aliphatic carbocycles. The summed E-state index contributed by atoms with van der Waals surface area (Å²) < 4.78 is 65.7. The van der Waals surface area contributed by atoms with Gasteiger partial charge in [0.15, 0.2) is 9.84 Å². The third-order valence-corrected chi connectivity index (χ3v) is 8.60. The zero-order chi connectivity index (χ0) is 18.9. The first kappa shape index (κ1) is 19.0. The summed E-state index contributed by atoms with van der Waals surface area (Å²) in [7, 11) is -7.49. The van der Waals surface area contributed by atoms with E-state index in [1.165, 1.54) is 22.5 Å². The molecule has 0 saturated carbocycles. The first-order chi connectivity index (χ1) is 12.2. The van der Waals surface area contributed by atoms with Gasteiger partial charge in [-0.2, -0.15) is 4.31 Å². The van der Waals surface area contributed by atoms with E-state index >= 15 is 0 Å². The van der Waals surface area contributed by atoms with E-state index in [4.69, 9.17) is 0 Å². The van der Waals surface area contributed by atoms with E-state index in [-0.39, 0.29) is 22.9 Å². The molecule has 1 aliphatic rings. The number of hydrogen-bond donors (Lipinski definition) is 0. The Kier molecular flexibility index (Phi) is 5.18. The van der Waals surface area contributed by atoms with E-state index in [2.05, 4.69) is 0 Å². The summed E-state index contributed by atoms with van der Waals surface area (Å²) in [6.45, 7) is 1.98. The number of piperidine rings is 1. The molecule has 1 heterocycles. The lowest BCUT2D eigenvalue weighted by molar-refractivity contribution is 0.346. The van der Waals surface area contributed by atoms with Gasteiger partial charge in [-0.15, -0.1) is 0 Å². The van der Waals surface area contributed by atoms with Gasteiger partial charge in [0, 0.05) is 13.1 Å². The fourth-order valence-electron chi connectivity index (χ4n) is 3.12. The van der Waals surface area contributed by atoms with Gasteiger partial charge in [0.2, 0.25) is 10.0 Å². The highest BCUT2D eigenvalue weighted by Crippen LogP contribution is 2.27. The van der Waals surface area contributed by atoms with Crippen molar-refractivity contribution in [3.63, 3.8) is 0 Å². The second-order valence-electron chi connectivity index (χ2n) is 6.44. The maximum atomic E-state index is 13.1. The Hall–Kier alpha value is -1.77. The van der Waals surface area contributed by atoms with Crippen LogP contribution in [0.4, 0.5) is 4.39 Å². The summed E-state index contributed by atoms with van der Waals surface area (Å²) in [4.78, 5) is 0.177. The standard InChI is InChI=1S/C18H20FNO4S2/c1-14-4-2-5-17(12-14)26(23,24)20-11-3-6-18(13-20)25(21,22)16-9-7-15(19)8-10-16/h2,4-5,7-10,12,18H,3,6,11,13H2,1H3/t18-/m0/s1. The first-order valence-electron chi connectivity index (χ1n) is 8.27. The van der Waals surface area contributed by atoms with Crippen LogP contribution >= 0.6 is 0 Å². The molecule has 0 unspecified atom stereocenters. The SMILES string of the molecule is Cc1cccc(S(=O)(=O)N2CCC[C@H](S(=O)(=O)c3ccc(F)cc3)C2)c1. The minimum absolute atomic E-state index is 0.0127. The van der Waals surface area contributed by atoms with Crippen LogP contribution in [0.15, 0.2) is 58.3 Å². The quantitative estimate of drug-likeness (QED) is 0.744. The average molecular weight is 397 g/mol. The third-order valence-electron chi connectivity index (χ3n) is 4.55. The number of sulfone groups is 1. The van der Waals surface area contributed by atoms with Crippen LogP contribution in [-0.2, 0) is 19.9 Å². The van der Waals surface area contributed by atoms with Crippen molar-refractivity contribution in [2.45, 2.75) is 34.8 Å². The lowest BCUT2D eigenvalue weighted by Crippen LogP contribution is -2.45. The predicted octanol–water partition coefficient (Wildman–Crippen LogP) is 2.76. The minimum atomic E-state index is -3.76. The molecule has 1 aliphatic heterocycles. The zero-order valence-corrected chi connectivity index (χ0v) is 15.9. The molecule has 0 bridgehead atoms. The maximum Gasteiger partial charge on any atom is 0.243 e. The normalized spacial score (nSPS) is 19.4. The lowest BCUT2D eigenvalue weighted by Gasteiger charge is -2.31. The third kappa shape index (κ3) is 3.67. The summed E-state index contributed by atoms with van der Waals surface area (Å²) in [5.74, 6) is -0.517. The van der Waals surface area contributed by atoms with E-state index in [1.54, 1.807) is 25.1 Å². The van der Waals surface area contributed by atoms with Crippen molar-refractivity contribution in [2.24, 2.45) is 0 Å². The van der Waals surface area contributed by atoms with Crippen molar-refractivity contribution in [2.75, 3.05) is 13.1 Å². The minimum Gasteiger partial charge on any atom is -0.223 e. The van der Waals surface area contributed by atoms with Crippen molar-refractivity contribution in [1.82, 2.24) is 4.31 Å². The average Bonchev–Trinajstić information content (AvgIpc) is 2.62. The van der Waals surface area contributed by atoms with Crippen LogP contribution in [0.1, 0.15) is 18.4 Å². The Morgan fingerprint density at radius 2 is 1.69 bits per heavy atom. The number of halogens is 1. The van der Waals surface area contributed by atoms with Gasteiger partial charge < -0.3 is 0 Å². The van der Waals surface area contributed by atoms with Gasteiger partial charge in [0.25, 0.3) is 0 Å². The monoisotopic (exact) mass is 397 g/mol. The van der Waals surface area contributed by atoms with Crippen LogP contribution in [-0.4, -0.2) is 39.5 Å². The summed E-state index contributed by atoms with van der Waals surface area (Å²) in [6, 6.07) is 11.2. The van der Waals surface area contributed by atoms with Crippen LogP contribution in [0.25, 0.3) is 0 Å². The Bertz CT molecular complexity index is 1000. The van der Waals surface area contributed by atoms with E-state index in [0.29, 0.717) is 12.8 Å². The molecule has 1 atom stereocenters. The Morgan fingerprint density at radius 1 is 1.00 bits per heavy atom. The summed E-state index contributed by atoms with van der Waals surface area (Å²) in [5.41, 5.74) is 0.818. The number of sulfonamides is 1. The summed E-state index contributed by atoms with van der Waals surface area (Å²) in [5, 5.41) is -0.846. The number of benzene rings is 2. The molecule has 8 heteroatoms. The molecule has 0 radical (unpaired) electrons. The van der Waals surface area contributed by atoms with Gasteiger partial charge >= 0.3 is 0 Å². The molecule has 140 valence electrons. The van der Waals surface area contributed by atoms with Crippen LogP contribution in [0.3, 0.4) is 0 Å². The number of aryl methyl sites for hydroxylation is 1. The maximum absolute atomic E-state index is 13.1. The van der Waals surface area contributed by atoms with Crippen molar-refractivity contribution in [3.8, 4) is 0 Å². The Morgan fingerprint density at radius 3 is 2.35 bits per heavy atom. The highest BCUT2D eigenvalue weighted by Gasteiger charge is 2.37. The van der Waals surface area contributed by atoms with Gasteiger partial charge in [0.1, 0.15) is 5.82 Å². The lowest BCUT2D eigenvalue weighted by atomic mass is 10.2. The molecule has 0 N–H and O–H groups in total. The zero-order valence-electron chi connectivity index (χ0n) is 14.3. The fourth-order valence-corrected chi connectivity index (χ4v) is 6.60. The van der Waals surface area contributed by atoms with Gasteiger partial charge in [-0.25, -0.2) is 21.2 Å². The first-order valence-corrected chi connectivity index (χ1v) is 11.3. The molecule has 1 saturated heterocycles. The van der Waals surface area contributed by atoms with Crippen LogP contribution < -0.4 is 0 Å². The molecule has 2 aromatic rings. The van der Waals surface area contributed by atoms with Gasteiger partial charge in [-0.05, 0) is 61.7 Å². The summed E-state index contributed by atoms with van der Waals surface area (Å²) in [6.07, 6.45) is 0.829. The van der Waals surface area contributed by atoms with Gasteiger partial charge in [0.05, 0.1) is 15.0 Å². The van der Waals surface area contributed by atoms with Crippen LogP contribution in [0.2, 0.25) is 0 Å². The van der Waals surface area contributed by atoms with E-state index in [0.717, 1.165) is 17.7 Å². The Balaban J connectivity index is 1.88. The van der Waals surface area contributed by atoms with Crippen LogP contribution in [0, 0.1) is 12.7 Å². The molecular weight excluding hydrogens is 377 g/mol. The van der Waals surface area contributed by atoms with E-state index < -0.39 is 30.9 Å². The van der Waals surface area contributed by atoms with Crippen molar-refractivity contribution >= 4 is 19.9 Å². The predicted molar refractivity (Wildman–Crippen MR) is 96.5 cm³/mol. The molecular formula is C18H20FNO4S2. The number of nitrogens with zero attached hydrogens (tertiary/aromatic N) is 1. The molecule has 1 fully saturated rings. The molecule has 0 amide bonds. The van der Waals surface area contributed by atoms with E-state index in [9.17, 15) is 21.2 Å². The topological polar surface area (TPSA) is 71.5 Å². The van der Waals surface area contributed by atoms with Gasteiger partial charge in [-0.3, -0.25) is 0 Å². The van der Waals surface area contributed by atoms with E-state index in [1.807, 2.05) is 0 Å². The Labute approximate surface area is 153 Å². The molecule has 5 nitrogen and oxygen atoms in total. The van der Waals surface area contributed by atoms with Crippen molar-refractivity contribution in [1.29, 1.82) is 0 Å². The molecule has 2 aromatic carbocycles. The number of rotatable bonds is 4.